The van der Waals surface area contributed by atoms with E-state index in [4.69, 9.17) is 5.11 Å². The first-order chi connectivity index (χ1) is 18.3. The molecule has 1 aliphatic carbocycles. The van der Waals surface area contributed by atoms with E-state index in [1.54, 1.807) is 6.07 Å². The lowest BCUT2D eigenvalue weighted by Crippen LogP contribution is -2.24. The maximum atomic E-state index is 13.0. The van der Waals surface area contributed by atoms with E-state index in [1.807, 2.05) is 57.2 Å². The average molecular weight is 573 g/mol. The Morgan fingerprint density at radius 1 is 0.897 bits per heavy atom. The van der Waals surface area contributed by atoms with Gasteiger partial charge < -0.3 is 5.11 Å². The standard InChI is InChI=1S/C18H25F3.C6H6.C5H12O2S.C3H8O/c1-4-13-7-8-14(5-2)17(10-13)16-11-15(18(19,20)21)9-6-12(16)3;1-2-4-6-5-3-1;1-3-4-5-8(2,6)7;1-2-3-4/h6,9,11,13-14,17H,4-5,7-8,10H2,1-3H3;1-6H;3-5H2,1-2H3;4H,2-3H2,1H3. The third kappa shape index (κ3) is 16.8. The molecule has 0 bridgehead atoms. The molecule has 224 valence electrons. The predicted molar refractivity (Wildman–Crippen MR) is 159 cm³/mol. The number of benzene rings is 2. The van der Waals surface area contributed by atoms with Gasteiger partial charge in [-0.05, 0) is 73.6 Å². The summed E-state index contributed by atoms with van der Waals surface area (Å²) in [6.45, 7) is 10.5. The number of sulfone groups is 1. The molecule has 3 unspecified atom stereocenters. The van der Waals surface area contributed by atoms with Crippen LogP contribution >= 0.6 is 0 Å². The smallest absolute Gasteiger partial charge is 0.396 e. The average Bonchev–Trinajstić information content (AvgIpc) is 2.92. The summed E-state index contributed by atoms with van der Waals surface area (Å²) in [5, 5.41) is 7.88. The van der Waals surface area contributed by atoms with E-state index in [-0.39, 0.29) is 5.92 Å². The number of alkyl halides is 3. The van der Waals surface area contributed by atoms with Gasteiger partial charge >= 0.3 is 6.18 Å². The summed E-state index contributed by atoms with van der Waals surface area (Å²) < 4.78 is 59.7. The highest BCUT2D eigenvalue weighted by Crippen LogP contribution is 2.45. The van der Waals surface area contributed by atoms with Gasteiger partial charge in [0.1, 0.15) is 9.84 Å². The zero-order valence-corrected chi connectivity index (χ0v) is 25.6. The molecule has 2 aromatic rings. The van der Waals surface area contributed by atoms with Crippen LogP contribution in [-0.2, 0) is 16.0 Å². The van der Waals surface area contributed by atoms with E-state index in [2.05, 4.69) is 13.8 Å². The first kappa shape index (κ1) is 37.1. The normalized spacial score (nSPS) is 18.9. The largest absolute Gasteiger partial charge is 0.416 e. The minimum absolute atomic E-state index is 0.288. The van der Waals surface area contributed by atoms with Crippen LogP contribution in [0.5, 0.6) is 0 Å². The van der Waals surface area contributed by atoms with Crippen molar-refractivity contribution < 1.29 is 26.7 Å². The molecule has 1 aliphatic rings. The molecule has 1 saturated carbocycles. The van der Waals surface area contributed by atoms with Gasteiger partial charge in [0.15, 0.2) is 0 Å². The van der Waals surface area contributed by atoms with Crippen LogP contribution < -0.4 is 0 Å². The van der Waals surface area contributed by atoms with Crippen LogP contribution in [0.4, 0.5) is 13.2 Å². The Bertz CT molecular complexity index is 947. The number of rotatable bonds is 7. The zero-order valence-electron chi connectivity index (χ0n) is 24.8. The van der Waals surface area contributed by atoms with Gasteiger partial charge in [-0.1, -0.05) is 95.8 Å². The lowest BCUT2D eigenvalue weighted by atomic mass is 9.68. The minimum Gasteiger partial charge on any atom is -0.396 e. The topological polar surface area (TPSA) is 54.4 Å². The first-order valence-corrected chi connectivity index (χ1v) is 16.4. The monoisotopic (exact) mass is 572 g/mol. The van der Waals surface area contributed by atoms with Crippen molar-refractivity contribution in [2.24, 2.45) is 11.8 Å². The summed E-state index contributed by atoms with van der Waals surface area (Å²) in [5.41, 5.74) is 1.43. The van der Waals surface area contributed by atoms with Crippen molar-refractivity contribution in [3.63, 3.8) is 0 Å². The number of aliphatic hydroxyl groups excluding tert-OH is 1. The van der Waals surface area contributed by atoms with Gasteiger partial charge in [-0.25, -0.2) is 8.42 Å². The van der Waals surface area contributed by atoms with Crippen LogP contribution in [-0.4, -0.2) is 32.1 Å². The highest BCUT2D eigenvalue weighted by atomic mass is 32.2. The van der Waals surface area contributed by atoms with E-state index in [1.165, 1.54) is 24.8 Å². The second-order valence-corrected chi connectivity index (χ2v) is 12.6. The van der Waals surface area contributed by atoms with Crippen molar-refractivity contribution in [2.75, 3.05) is 18.6 Å². The van der Waals surface area contributed by atoms with Gasteiger partial charge in [0, 0.05) is 18.6 Å². The maximum Gasteiger partial charge on any atom is 0.416 e. The Morgan fingerprint density at radius 3 is 1.79 bits per heavy atom. The second-order valence-electron chi connectivity index (χ2n) is 10.3. The van der Waals surface area contributed by atoms with Crippen LogP contribution in [0.15, 0.2) is 54.6 Å². The molecule has 1 N–H and O–H groups in total. The highest BCUT2D eigenvalue weighted by Gasteiger charge is 2.34. The number of aliphatic hydroxyl groups is 1. The van der Waals surface area contributed by atoms with Gasteiger partial charge in [0.05, 0.1) is 5.56 Å². The molecule has 0 saturated heterocycles. The molecule has 0 aliphatic heterocycles. The molecule has 0 amide bonds. The van der Waals surface area contributed by atoms with Crippen molar-refractivity contribution in [3.05, 3.63) is 71.3 Å². The highest BCUT2D eigenvalue weighted by molar-refractivity contribution is 7.90. The maximum absolute atomic E-state index is 13.0. The lowest BCUT2D eigenvalue weighted by Gasteiger charge is -2.37. The lowest BCUT2D eigenvalue weighted by molar-refractivity contribution is -0.137. The molecular formula is C32H51F3O3S. The van der Waals surface area contributed by atoms with Crippen LogP contribution in [0, 0.1) is 18.8 Å². The van der Waals surface area contributed by atoms with Gasteiger partial charge in [-0.2, -0.15) is 13.2 Å². The van der Waals surface area contributed by atoms with Crippen molar-refractivity contribution in [2.45, 2.75) is 98.1 Å². The number of hydrogen-bond donors (Lipinski definition) is 1. The number of halogens is 3. The Kier molecular flexibility index (Phi) is 19.1. The summed E-state index contributed by atoms with van der Waals surface area (Å²) in [4.78, 5) is 0. The molecule has 3 nitrogen and oxygen atoms in total. The fourth-order valence-corrected chi connectivity index (χ4v) is 5.38. The molecular weight excluding hydrogens is 521 g/mol. The van der Waals surface area contributed by atoms with Crippen molar-refractivity contribution >= 4 is 9.84 Å². The SMILES string of the molecule is CCC1CCC(CC)C(c2cc(C(F)(F)F)ccc2C)C1.CCCCS(C)(=O)=O.CCCO.c1ccccc1. The Balaban J connectivity index is 0.000000652. The first-order valence-electron chi connectivity index (χ1n) is 14.3. The third-order valence-corrected chi connectivity index (χ3v) is 8.00. The molecule has 0 spiro atoms. The fraction of sp³-hybridized carbons (Fsp3) is 0.625. The zero-order chi connectivity index (χ0) is 29.9. The van der Waals surface area contributed by atoms with Gasteiger partial charge in [0.2, 0.25) is 0 Å². The Morgan fingerprint density at radius 2 is 1.44 bits per heavy atom. The quantitative estimate of drug-likeness (QED) is 0.360. The molecule has 3 rings (SSSR count). The number of unbranched alkanes of at least 4 members (excludes halogenated alkanes) is 1. The second kappa shape index (κ2) is 20.1. The van der Waals surface area contributed by atoms with Gasteiger partial charge in [-0.15, -0.1) is 0 Å². The van der Waals surface area contributed by atoms with Crippen LogP contribution in [0.2, 0.25) is 0 Å². The van der Waals surface area contributed by atoms with Crippen molar-refractivity contribution in [3.8, 4) is 0 Å². The van der Waals surface area contributed by atoms with Crippen LogP contribution in [0.3, 0.4) is 0 Å². The van der Waals surface area contributed by atoms with Crippen molar-refractivity contribution in [1.29, 1.82) is 0 Å². The summed E-state index contributed by atoms with van der Waals surface area (Å²) in [6, 6.07) is 16.3. The van der Waals surface area contributed by atoms with Gasteiger partial charge in [-0.3, -0.25) is 0 Å². The van der Waals surface area contributed by atoms with Crippen LogP contribution in [0.25, 0.3) is 0 Å². The predicted octanol–water partition coefficient (Wildman–Crippen LogP) is 9.24. The van der Waals surface area contributed by atoms with Crippen molar-refractivity contribution in [1.82, 2.24) is 0 Å². The van der Waals surface area contributed by atoms with E-state index >= 15 is 0 Å². The van der Waals surface area contributed by atoms with E-state index in [0.717, 1.165) is 56.1 Å². The third-order valence-electron chi connectivity index (χ3n) is 6.97. The Hall–Kier alpha value is -1.86. The van der Waals surface area contributed by atoms with Crippen LogP contribution in [0.1, 0.15) is 102 Å². The van der Waals surface area contributed by atoms with E-state index in [9.17, 15) is 21.6 Å². The molecule has 1 fully saturated rings. The summed E-state index contributed by atoms with van der Waals surface area (Å²) in [6.07, 6.45) is 5.23. The molecule has 7 heteroatoms. The Labute approximate surface area is 236 Å². The molecule has 0 aromatic heterocycles. The molecule has 0 heterocycles. The summed E-state index contributed by atoms with van der Waals surface area (Å²) in [5.74, 6) is 1.81. The van der Waals surface area contributed by atoms with E-state index in [0.29, 0.717) is 24.2 Å². The number of hydrogen-bond acceptors (Lipinski definition) is 3. The minimum atomic E-state index is -4.25. The molecule has 39 heavy (non-hydrogen) atoms. The molecule has 2 aromatic carbocycles. The number of aryl methyl sites for hydroxylation is 1. The molecule has 3 atom stereocenters. The fourth-order valence-electron chi connectivity index (χ4n) is 4.57. The summed E-state index contributed by atoms with van der Waals surface area (Å²) in [7, 11) is -2.69. The van der Waals surface area contributed by atoms with Gasteiger partial charge in [0.25, 0.3) is 0 Å². The summed E-state index contributed by atoms with van der Waals surface area (Å²) >= 11 is 0. The van der Waals surface area contributed by atoms with E-state index < -0.39 is 21.6 Å². The molecule has 0 radical (unpaired) electrons.